The number of carbonyl (C=O) groups is 1. The van der Waals surface area contributed by atoms with Crippen LogP contribution in [0.25, 0.3) is 0 Å². The van der Waals surface area contributed by atoms with Crippen molar-refractivity contribution >= 4 is 23.5 Å². The maximum atomic E-state index is 13.4. The second-order valence-corrected chi connectivity index (χ2v) is 9.30. The molecule has 1 aliphatic carbocycles. The Balaban J connectivity index is 1.58. The number of halogens is 3. The monoisotopic (exact) mass is 430 g/mol. The molecule has 0 atom stereocenters. The second-order valence-electron chi connectivity index (χ2n) is 8.96. The average molecular weight is 431 g/mol. The molecule has 1 saturated heterocycles. The lowest BCUT2D eigenvalue weighted by atomic mass is 9.92. The molecule has 1 aliphatic heterocycles. The quantitative estimate of drug-likeness (QED) is 0.664. The number of hydrogen-bond acceptors (Lipinski definition) is 5. The molecule has 0 bridgehead atoms. The number of rotatable bonds is 3. The van der Waals surface area contributed by atoms with Crippen LogP contribution in [0.15, 0.2) is 6.07 Å². The smallest absolute Gasteiger partial charge is 0.410 e. The summed E-state index contributed by atoms with van der Waals surface area (Å²) in [4.78, 5) is 22.5. The molecule has 1 aromatic rings. The van der Waals surface area contributed by atoms with E-state index in [1.54, 1.807) is 4.90 Å². The van der Waals surface area contributed by atoms with Gasteiger partial charge < -0.3 is 15.0 Å². The van der Waals surface area contributed by atoms with Crippen LogP contribution >= 0.6 is 11.6 Å². The van der Waals surface area contributed by atoms with Crippen molar-refractivity contribution in [1.82, 2.24) is 14.9 Å². The third kappa shape index (κ3) is 6.39. The first-order valence-electron chi connectivity index (χ1n) is 10.2. The number of amides is 1. The molecule has 2 heterocycles. The van der Waals surface area contributed by atoms with Crippen molar-refractivity contribution in [2.24, 2.45) is 0 Å². The highest BCUT2D eigenvalue weighted by molar-refractivity contribution is 6.28. The van der Waals surface area contributed by atoms with Crippen molar-refractivity contribution in [2.45, 2.75) is 82.8 Å². The maximum Gasteiger partial charge on any atom is 0.410 e. The summed E-state index contributed by atoms with van der Waals surface area (Å²) in [6.45, 7) is 6.72. The van der Waals surface area contributed by atoms with E-state index in [-0.39, 0.29) is 36.2 Å². The van der Waals surface area contributed by atoms with Crippen LogP contribution < -0.4 is 5.32 Å². The summed E-state index contributed by atoms with van der Waals surface area (Å²) in [7, 11) is 0. The van der Waals surface area contributed by atoms with Crippen molar-refractivity contribution in [3.63, 3.8) is 0 Å². The van der Waals surface area contributed by atoms with Gasteiger partial charge in [0.25, 0.3) is 0 Å². The Labute approximate surface area is 175 Å². The molecule has 3 rings (SSSR count). The fourth-order valence-electron chi connectivity index (χ4n) is 3.80. The van der Waals surface area contributed by atoms with Gasteiger partial charge in [0.1, 0.15) is 11.4 Å². The lowest BCUT2D eigenvalue weighted by Crippen LogP contribution is -2.41. The highest BCUT2D eigenvalue weighted by Gasteiger charge is 2.35. The summed E-state index contributed by atoms with van der Waals surface area (Å²) in [5.41, 5.74) is 0.301. The van der Waals surface area contributed by atoms with Crippen LogP contribution in [-0.2, 0) is 4.74 Å². The molecule has 1 saturated carbocycles. The summed E-state index contributed by atoms with van der Waals surface area (Å²) in [5.74, 6) is -1.83. The minimum Gasteiger partial charge on any atom is -0.444 e. The van der Waals surface area contributed by atoms with E-state index < -0.39 is 11.5 Å². The molecule has 29 heavy (non-hydrogen) atoms. The Bertz CT molecular complexity index is 724. The summed E-state index contributed by atoms with van der Waals surface area (Å²) in [5, 5.41) is 3.38. The van der Waals surface area contributed by atoms with E-state index in [9.17, 15) is 13.6 Å². The van der Waals surface area contributed by atoms with Gasteiger partial charge in [-0.15, -0.1) is 0 Å². The van der Waals surface area contributed by atoms with Gasteiger partial charge in [0.05, 0.1) is 5.69 Å². The first-order chi connectivity index (χ1) is 13.5. The number of ether oxygens (including phenoxy) is 1. The lowest BCUT2D eigenvalue weighted by molar-refractivity contribution is -0.0361. The molecule has 0 spiro atoms. The van der Waals surface area contributed by atoms with E-state index in [1.807, 2.05) is 26.8 Å². The van der Waals surface area contributed by atoms with Crippen LogP contribution in [0.2, 0.25) is 5.28 Å². The summed E-state index contributed by atoms with van der Waals surface area (Å²) in [6.07, 6.45) is 1.78. The number of nitrogens with one attached hydrogen (secondary N) is 1. The predicted molar refractivity (Wildman–Crippen MR) is 108 cm³/mol. The van der Waals surface area contributed by atoms with Crippen molar-refractivity contribution in [3.05, 3.63) is 17.0 Å². The summed E-state index contributed by atoms with van der Waals surface area (Å²) < 4.78 is 32.1. The van der Waals surface area contributed by atoms with Crippen molar-refractivity contribution < 1.29 is 18.3 Å². The highest BCUT2D eigenvalue weighted by atomic mass is 35.5. The fraction of sp³-hybridized carbons (Fsp3) is 0.750. The van der Waals surface area contributed by atoms with Crippen LogP contribution in [0.5, 0.6) is 0 Å². The van der Waals surface area contributed by atoms with Gasteiger partial charge in [0, 0.05) is 44.0 Å². The summed E-state index contributed by atoms with van der Waals surface area (Å²) >= 11 is 6.12. The Hall–Kier alpha value is -1.70. The molecule has 0 radical (unpaired) electrons. The van der Waals surface area contributed by atoms with E-state index in [4.69, 9.17) is 16.3 Å². The zero-order valence-corrected chi connectivity index (χ0v) is 17.9. The normalized spacial score (nSPS) is 21.1. The third-order valence-corrected chi connectivity index (χ3v) is 5.52. The van der Waals surface area contributed by atoms with Crippen LogP contribution in [0.3, 0.4) is 0 Å². The van der Waals surface area contributed by atoms with E-state index >= 15 is 0 Å². The molecule has 1 N–H and O–H groups in total. The zero-order valence-electron chi connectivity index (χ0n) is 17.2. The fourth-order valence-corrected chi connectivity index (χ4v) is 3.99. The Morgan fingerprint density at radius 3 is 2.41 bits per heavy atom. The second kappa shape index (κ2) is 8.58. The molecular weight excluding hydrogens is 402 g/mol. The van der Waals surface area contributed by atoms with Gasteiger partial charge in [0.15, 0.2) is 0 Å². The highest BCUT2D eigenvalue weighted by Crippen LogP contribution is 2.35. The number of hydrogen-bond donors (Lipinski definition) is 1. The number of piperidine rings is 1. The van der Waals surface area contributed by atoms with Gasteiger partial charge in [-0.25, -0.2) is 23.5 Å². The summed E-state index contributed by atoms with van der Waals surface area (Å²) in [6, 6.07) is 1.81. The van der Waals surface area contributed by atoms with Crippen molar-refractivity contribution in [2.75, 3.05) is 18.4 Å². The molecule has 162 valence electrons. The van der Waals surface area contributed by atoms with Crippen LogP contribution in [0.4, 0.5) is 19.4 Å². The number of alkyl halides is 2. The van der Waals surface area contributed by atoms with Gasteiger partial charge in [-0.05, 0) is 58.1 Å². The molecule has 6 nitrogen and oxygen atoms in total. The molecular formula is C20H29ClF2N4O2. The standard InChI is InChI=1S/C20H29ClF2N4O2/c1-19(2,3)29-18(28)27-10-6-13(7-11-27)15-12-16(26-17(21)25-15)24-14-4-8-20(22,23)9-5-14/h12-14H,4-11H2,1-3H3,(H,24,25,26). The SMILES string of the molecule is CC(C)(C)OC(=O)N1CCC(c2cc(NC3CCC(F)(F)CC3)nc(Cl)n2)CC1. The van der Waals surface area contributed by atoms with Gasteiger partial charge >= 0.3 is 6.09 Å². The largest absolute Gasteiger partial charge is 0.444 e. The van der Waals surface area contributed by atoms with E-state index in [0.717, 1.165) is 18.5 Å². The Morgan fingerprint density at radius 1 is 1.21 bits per heavy atom. The topological polar surface area (TPSA) is 67.3 Å². The third-order valence-electron chi connectivity index (χ3n) is 5.35. The van der Waals surface area contributed by atoms with Gasteiger partial charge in [-0.3, -0.25) is 0 Å². The Kier molecular flexibility index (Phi) is 6.51. The molecule has 2 aliphatic rings. The van der Waals surface area contributed by atoms with Crippen molar-refractivity contribution in [3.8, 4) is 0 Å². The lowest BCUT2D eigenvalue weighted by Gasteiger charge is -2.33. The molecule has 2 fully saturated rings. The van der Waals surface area contributed by atoms with Crippen molar-refractivity contribution in [1.29, 1.82) is 0 Å². The first kappa shape index (κ1) is 22.0. The zero-order chi connectivity index (χ0) is 21.2. The number of aromatic nitrogens is 2. The maximum absolute atomic E-state index is 13.4. The molecule has 9 heteroatoms. The van der Waals surface area contributed by atoms with Gasteiger partial charge in [0.2, 0.25) is 11.2 Å². The molecule has 0 aromatic carbocycles. The average Bonchev–Trinajstić information content (AvgIpc) is 2.62. The minimum absolute atomic E-state index is 0.0394. The molecule has 0 unspecified atom stereocenters. The van der Waals surface area contributed by atoms with E-state index in [0.29, 0.717) is 31.7 Å². The minimum atomic E-state index is -2.56. The number of likely N-dealkylation sites (tertiary alicyclic amines) is 1. The first-order valence-corrected chi connectivity index (χ1v) is 10.6. The van der Waals surface area contributed by atoms with Crippen LogP contribution in [0.1, 0.15) is 70.9 Å². The number of carbonyl (C=O) groups excluding carboxylic acids is 1. The van der Waals surface area contributed by atoms with E-state index in [1.165, 1.54) is 0 Å². The number of anilines is 1. The Morgan fingerprint density at radius 2 is 1.83 bits per heavy atom. The number of nitrogens with zero attached hydrogens (tertiary/aromatic N) is 3. The van der Waals surface area contributed by atoms with Crippen LogP contribution in [-0.4, -0.2) is 51.6 Å². The molecule has 1 amide bonds. The van der Waals surface area contributed by atoms with E-state index in [2.05, 4.69) is 15.3 Å². The predicted octanol–water partition coefficient (Wildman–Crippen LogP) is 5.23. The van der Waals surface area contributed by atoms with Crippen LogP contribution in [0, 0.1) is 0 Å². The van der Waals surface area contributed by atoms with Gasteiger partial charge in [-0.2, -0.15) is 0 Å². The molecule has 1 aromatic heterocycles. The van der Waals surface area contributed by atoms with Gasteiger partial charge in [-0.1, -0.05) is 0 Å².